The lowest BCUT2D eigenvalue weighted by Gasteiger charge is -2.41. The number of benzene rings is 3. The van der Waals surface area contributed by atoms with Crippen molar-refractivity contribution in [2.45, 2.75) is 32.5 Å². The van der Waals surface area contributed by atoms with Gasteiger partial charge in [-0.25, -0.2) is 9.50 Å². The number of rotatable bonds is 4. The van der Waals surface area contributed by atoms with Crippen molar-refractivity contribution >= 4 is 22.1 Å². The van der Waals surface area contributed by atoms with Gasteiger partial charge in [0.05, 0.1) is 6.20 Å². The van der Waals surface area contributed by atoms with Gasteiger partial charge in [-0.3, -0.25) is 0 Å². The average Bonchev–Trinajstić information content (AvgIpc) is 3.31. The van der Waals surface area contributed by atoms with E-state index in [1.54, 1.807) is 0 Å². The van der Waals surface area contributed by atoms with E-state index in [1.165, 1.54) is 16.5 Å². The van der Waals surface area contributed by atoms with Crippen molar-refractivity contribution in [2.75, 3.05) is 18.0 Å². The SMILES string of the molecule is CC1CNCC(C)N1c1ccc(-c2cnc3c(-c4ccc(CN)c5ccccc45)cnn3c2)cc1. The largest absolute Gasteiger partial charge is 0.364 e. The van der Waals surface area contributed by atoms with E-state index in [0.717, 1.165) is 46.6 Å². The molecule has 3 heterocycles. The van der Waals surface area contributed by atoms with Gasteiger partial charge in [0.1, 0.15) is 0 Å². The van der Waals surface area contributed by atoms with Gasteiger partial charge in [0.2, 0.25) is 0 Å². The third-order valence-corrected chi connectivity index (χ3v) is 7.21. The Kier molecular flexibility index (Phi) is 5.47. The molecule has 6 rings (SSSR count). The summed E-state index contributed by atoms with van der Waals surface area (Å²) in [7, 11) is 0. The molecule has 6 nitrogen and oxygen atoms in total. The summed E-state index contributed by atoms with van der Waals surface area (Å²) in [6, 6.07) is 22.4. The van der Waals surface area contributed by atoms with Gasteiger partial charge in [0.25, 0.3) is 0 Å². The molecule has 2 aromatic heterocycles. The standard InChI is InChI=1S/C29H30N6/c1-19-14-31-15-20(2)35(19)24-10-7-21(8-11-24)23-16-32-29-28(17-33-34(29)18-23)27-12-9-22(13-30)25-5-3-4-6-26(25)27/h3-12,16-20,31H,13-15,30H2,1-2H3. The van der Waals surface area contributed by atoms with Crippen LogP contribution in [-0.2, 0) is 6.54 Å². The van der Waals surface area contributed by atoms with Crippen molar-refractivity contribution in [2.24, 2.45) is 5.73 Å². The maximum absolute atomic E-state index is 5.98. The summed E-state index contributed by atoms with van der Waals surface area (Å²) >= 11 is 0. The van der Waals surface area contributed by atoms with Crippen LogP contribution in [0.1, 0.15) is 19.4 Å². The normalized spacial score (nSPS) is 18.4. The molecule has 0 saturated carbocycles. The number of aromatic nitrogens is 3. The number of nitrogens with two attached hydrogens (primary N) is 1. The van der Waals surface area contributed by atoms with E-state index in [0.29, 0.717) is 18.6 Å². The first-order chi connectivity index (χ1) is 17.1. The third-order valence-electron chi connectivity index (χ3n) is 7.21. The van der Waals surface area contributed by atoms with Gasteiger partial charge in [-0.2, -0.15) is 5.10 Å². The summed E-state index contributed by atoms with van der Waals surface area (Å²) < 4.78 is 1.88. The highest BCUT2D eigenvalue weighted by Crippen LogP contribution is 2.33. The molecule has 1 saturated heterocycles. The Morgan fingerprint density at radius 1 is 0.857 bits per heavy atom. The highest BCUT2D eigenvalue weighted by Gasteiger charge is 2.24. The zero-order valence-corrected chi connectivity index (χ0v) is 20.1. The van der Waals surface area contributed by atoms with Crippen LogP contribution in [0, 0.1) is 0 Å². The van der Waals surface area contributed by atoms with Crippen LogP contribution in [0.2, 0.25) is 0 Å². The van der Waals surface area contributed by atoms with Gasteiger partial charge in [-0.1, -0.05) is 48.5 Å². The summed E-state index contributed by atoms with van der Waals surface area (Å²) in [5, 5.41) is 10.5. The van der Waals surface area contributed by atoms with E-state index in [-0.39, 0.29) is 0 Å². The Bertz CT molecular complexity index is 1490. The molecule has 2 unspecified atom stereocenters. The third kappa shape index (κ3) is 3.75. The quantitative estimate of drug-likeness (QED) is 0.399. The lowest BCUT2D eigenvalue weighted by Crippen LogP contribution is -2.55. The van der Waals surface area contributed by atoms with Gasteiger partial charge in [0, 0.05) is 60.9 Å². The molecule has 0 aliphatic carbocycles. The smallest absolute Gasteiger partial charge is 0.162 e. The summed E-state index contributed by atoms with van der Waals surface area (Å²) in [4.78, 5) is 7.34. The predicted octanol–water partition coefficient (Wildman–Crippen LogP) is 4.86. The minimum absolute atomic E-state index is 0.472. The summed E-state index contributed by atoms with van der Waals surface area (Å²) in [5.74, 6) is 0. The molecule has 1 fully saturated rings. The van der Waals surface area contributed by atoms with Crippen LogP contribution in [0.15, 0.2) is 79.3 Å². The van der Waals surface area contributed by atoms with E-state index in [4.69, 9.17) is 10.7 Å². The molecular weight excluding hydrogens is 432 g/mol. The maximum atomic E-state index is 5.98. The summed E-state index contributed by atoms with van der Waals surface area (Å²) in [5.41, 5.74) is 13.6. The monoisotopic (exact) mass is 462 g/mol. The van der Waals surface area contributed by atoms with Crippen LogP contribution < -0.4 is 16.0 Å². The van der Waals surface area contributed by atoms with Crippen molar-refractivity contribution in [1.29, 1.82) is 0 Å². The molecule has 0 spiro atoms. The molecule has 176 valence electrons. The van der Waals surface area contributed by atoms with Crippen LogP contribution >= 0.6 is 0 Å². The van der Waals surface area contributed by atoms with Crippen LogP contribution in [0.5, 0.6) is 0 Å². The Morgan fingerprint density at radius 2 is 1.60 bits per heavy atom. The second-order valence-electron chi connectivity index (χ2n) is 9.50. The van der Waals surface area contributed by atoms with Gasteiger partial charge < -0.3 is 16.0 Å². The van der Waals surface area contributed by atoms with Crippen molar-refractivity contribution in [3.8, 4) is 22.3 Å². The molecule has 0 bridgehead atoms. The van der Waals surface area contributed by atoms with Gasteiger partial charge in [-0.15, -0.1) is 0 Å². The number of nitrogens with one attached hydrogen (secondary N) is 1. The molecule has 3 aromatic carbocycles. The van der Waals surface area contributed by atoms with Crippen LogP contribution in [0.4, 0.5) is 5.69 Å². The molecule has 5 aromatic rings. The highest BCUT2D eigenvalue weighted by molar-refractivity contribution is 6.01. The first kappa shape index (κ1) is 21.8. The Balaban J connectivity index is 1.35. The second kappa shape index (κ2) is 8.80. The van der Waals surface area contributed by atoms with Crippen LogP contribution in [-0.4, -0.2) is 39.8 Å². The van der Waals surface area contributed by atoms with Crippen LogP contribution in [0.25, 0.3) is 38.7 Å². The van der Waals surface area contributed by atoms with Gasteiger partial charge >= 0.3 is 0 Å². The summed E-state index contributed by atoms with van der Waals surface area (Å²) in [6.45, 7) is 7.09. The van der Waals surface area contributed by atoms with E-state index in [9.17, 15) is 0 Å². The molecular formula is C29H30N6. The number of nitrogens with zero attached hydrogens (tertiary/aromatic N) is 4. The lowest BCUT2D eigenvalue weighted by atomic mass is 9.96. The molecule has 0 amide bonds. The van der Waals surface area contributed by atoms with E-state index in [2.05, 4.69) is 96.0 Å². The molecule has 1 aliphatic heterocycles. The fraction of sp³-hybridized carbons (Fsp3) is 0.241. The number of hydrogen-bond acceptors (Lipinski definition) is 5. The van der Waals surface area contributed by atoms with E-state index < -0.39 is 0 Å². The average molecular weight is 463 g/mol. The predicted molar refractivity (Wildman–Crippen MR) is 144 cm³/mol. The zero-order valence-electron chi connectivity index (χ0n) is 20.1. The minimum Gasteiger partial charge on any atom is -0.364 e. The van der Waals surface area contributed by atoms with E-state index >= 15 is 0 Å². The minimum atomic E-state index is 0.472. The molecule has 1 aliphatic rings. The van der Waals surface area contributed by atoms with Gasteiger partial charge in [-0.05, 0) is 53.4 Å². The molecule has 6 heteroatoms. The molecule has 3 N–H and O–H groups in total. The maximum Gasteiger partial charge on any atom is 0.162 e. The van der Waals surface area contributed by atoms with Crippen LogP contribution in [0.3, 0.4) is 0 Å². The van der Waals surface area contributed by atoms with E-state index in [1.807, 2.05) is 16.9 Å². The van der Waals surface area contributed by atoms with Gasteiger partial charge in [0.15, 0.2) is 5.65 Å². The number of hydrogen-bond donors (Lipinski definition) is 2. The fourth-order valence-electron chi connectivity index (χ4n) is 5.46. The van der Waals surface area contributed by atoms with Crippen molar-refractivity contribution in [1.82, 2.24) is 19.9 Å². The van der Waals surface area contributed by atoms with Crippen molar-refractivity contribution in [3.63, 3.8) is 0 Å². The topological polar surface area (TPSA) is 71.5 Å². The van der Waals surface area contributed by atoms with Crippen molar-refractivity contribution in [3.05, 3.63) is 84.8 Å². The first-order valence-electron chi connectivity index (χ1n) is 12.3. The highest BCUT2D eigenvalue weighted by atomic mass is 15.2. The zero-order chi connectivity index (χ0) is 23.9. The molecule has 35 heavy (non-hydrogen) atoms. The second-order valence-corrected chi connectivity index (χ2v) is 9.50. The Morgan fingerprint density at radius 3 is 2.34 bits per heavy atom. The number of fused-ring (bicyclic) bond motifs is 2. The lowest BCUT2D eigenvalue weighted by molar-refractivity contribution is 0.432. The number of piperazine rings is 1. The van der Waals surface area contributed by atoms with Crippen molar-refractivity contribution < 1.29 is 0 Å². The first-order valence-corrected chi connectivity index (χ1v) is 12.3. The molecule has 0 radical (unpaired) electrons. The summed E-state index contributed by atoms with van der Waals surface area (Å²) in [6.07, 6.45) is 5.92. The Hall–Kier alpha value is -3.74. The molecule has 2 atom stereocenters. The Labute approximate surface area is 205 Å². The number of anilines is 1. The fourth-order valence-corrected chi connectivity index (χ4v) is 5.46.